The van der Waals surface area contributed by atoms with Gasteiger partial charge in [0.1, 0.15) is 11.5 Å². The SMILES string of the molecule is Cn1nc(-c2ccc(O)cc2O)n(-c2cccc(-c3ccccc3)c2)c1=S. The number of hydrogen-bond donors (Lipinski definition) is 2. The molecule has 0 aliphatic carbocycles. The monoisotopic (exact) mass is 375 g/mol. The second-order valence-electron chi connectivity index (χ2n) is 6.18. The Hall–Kier alpha value is -3.38. The van der Waals surface area contributed by atoms with E-state index < -0.39 is 0 Å². The van der Waals surface area contributed by atoms with Gasteiger partial charge in [0.15, 0.2) is 5.82 Å². The Labute approximate surface area is 161 Å². The van der Waals surface area contributed by atoms with Crippen molar-refractivity contribution in [3.63, 3.8) is 0 Å². The summed E-state index contributed by atoms with van der Waals surface area (Å²) in [6.45, 7) is 0. The molecule has 0 saturated carbocycles. The third-order valence-electron chi connectivity index (χ3n) is 4.36. The fraction of sp³-hybridized carbons (Fsp3) is 0.0476. The third kappa shape index (κ3) is 3.11. The van der Waals surface area contributed by atoms with E-state index in [1.807, 2.05) is 59.2 Å². The van der Waals surface area contributed by atoms with E-state index in [-0.39, 0.29) is 11.5 Å². The summed E-state index contributed by atoms with van der Waals surface area (Å²) in [6.07, 6.45) is 0. The first-order valence-corrected chi connectivity index (χ1v) is 8.79. The maximum atomic E-state index is 10.3. The van der Waals surface area contributed by atoms with E-state index in [4.69, 9.17) is 12.2 Å². The van der Waals surface area contributed by atoms with E-state index in [0.717, 1.165) is 16.8 Å². The zero-order valence-electron chi connectivity index (χ0n) is 14.6. The van der Waals surface area contributed by atoms with Gasteiger partial charge in [0, 0.05) is 13.1 Å². The van der Waals surface area contributed by atoms with Crippen LogP contribution in [0.15, 0.2) is 72.8 Å². The number of aromatic hydroxyl groups is 2. The molecule has 4 aromatic rings. The van der Waals surface area contributed by atoms with Crippen LogP contribution in [-0.2, 0) is 7.05 Å². The fourth-order valence-corrected chi connectivity index (χ4v) is 3.27. The molecule has 1 aromatic heterocycles. The van der Waals surface area contributed by atoms with E-state index in [9.17, 15) is 10.2 Å². The molecule has 0 saturated heterocycles. The molecule has 6 heteroatoms. The quantitative estimate of drug-likeness (QED) is 0.510. The van der Waals surface area contributed by atoms with Gasteiger partial charge in [0.05, 0.1) is 11.3 Å². The molecule has 0 radical (unpaired) electrons. The summed E-state index contributed by atoms with van der Waals surface area (Å²) in [5, 5.41) is 24.4. The second-order valence-corrected chi connectivity index (χ2v) is 6.55. The molecule has 3 aromatic carbocycles. The number of aryl methyl sites for hydroxylation is 1. The minimum absolute atomic E-state index is 0.0107. The second kappa shape index (κ2) is 6.74. The Balaban J connectivity index is 1.92. The van der Waals surface area contributed by atoms with Gasteiger partial charge in [-0.3, -0.25) is 4.57 Å². The Morgan fingerprint density at radius 1 is 0.852 bits per heavy atom. The van der Waals surface area contributed by atoms with Crippen molar-refractivity contribution in [2.45, 2.75) is 0 Å². The van der Waals surface area contributed by atoms with Crippen molar-refractivity contribution in [1.82, 2.24) is 14.3 Å². The van der Waals surface area contributed by atoms with E-state index in [2.05, 4.69) is 5.10 Å². The largest absolute Gasteiger partial charge is 0.508 e. The average molecular weight is 375 g/mol. The van der Waals surface area contributed by atoms with E-state index >= 15 is 0 Å². The van der Waals surface area contributed by atoms with Crippen molar-refractivity contribution in [2.24, 2.45) is 7.05 Å². The summed E-state index contributed by atoms with van der Waals surface area (Å²) < 4.78 is 3.91. The lowest BCUT2D eigenvalue weighted by molar-refractivity contribution is 0.451. The van der Waals surface area contributed by atoms with Crippen molar-refractivity contribution in [1.29, 1.82) is 0 Å². The maximum absolute atomic E-state index is 10.3. The first kappa shape index (κ1) is 17.1. The molecule has 0 aliphatic rings. The molecule has 27 heavy (non-hydrogen) atoms. The van der Waals surface area contributed by atoms with Gasteiger partial charge in [0.25, 0.3) is 0 Å². The molecule has 0 atom stereocenters. The number of phenolic OH excluding ortho intramolecular Hbond substituents is 2. The van der Waals surface area contributed by atoms with Crippen LogP contribution < -0.4 is 0 Å². The van der Waals surface area contributed by atoms with Crippen LogP contribution in [0.4, 0.5) is 0 Å². The number of benzene rings is 3. The molecule has 0 unspecified atom stereocenters. The van der Waals surface area contributed by atoms with Gasteiger partial charge in [-0.25, -0.2) is 4.68 Å². The molecule has 0 aliphatic heterocycles. The Kier molecular flexibility index (Phi) is 4.25. The lowest BCUT2D eigenvalue weighted by atomic mass is 10.1. The van der Waals surface area contributed by atoms with Crippen LogP contribution in [0.5, 0.6) is 11.5 Å². The summed E-state index contributed by atoms with van der Waals surface area (Å²) in [4.78, 5) is 0. The summed E-state index contributed by atoms with van der Waals surface area (Å²) in [7, 11) is 1.76. The highest BCUT2D eigenvalue weighted by Crippen LogP contribution is 2.33. The topological polar surface area (TPSA) is 63.2 Å². The minimum atomic E-state index is -0.0592. The highest BCUT2D eigenvalue weighted by molar-refractivity contribution is 7.71. The number of phenols is 2. The van der Waals surface area contributed by atoms with Gasteiger partial charge in [-0.15, -0.1) is 0 Å². The number of aromatic nitrogens is 3. The highest BCUT2D eigenvalue weighted by Gasteiger charge is 2.17. The Morgan fingerprint density at radius 2 is 1.59 bits per heavy atom. The summed E-state index contributed by atoms with van der Waals surface area (Å²) in [5.41, 5.74) is 3.49. The molecular formula is C21H17N3O2S. The van der Waals surface area contributed by atoms with Gasteiger partial charge in [-0.1, -0.05) is 42.5 Å². The molecule has 0 fully saturated rings. The zero-order valence-corrected chi connectivity index (χ0v) is 15.4. The van der Waals surface area contributed by atoms with Crippen molar-refractivity contribution in [2.75, 3.05) is 0 Å². The van der Waals surface area contributed by atoms with Gasteiger partial charge in [-0.2, -0.15) is 5.10 Å². The molecular weight excluding hydrogens is 358 g/mol. The van der Waals surface area contributed by atoms with Crippen LogP contribution in [0.1, 0.15) is 0 Å². The smallest absolute Gasteiger partial charge is 0.202 e. The molecule has 0 spiro atoms. The van der Waals surface area contributed by atoms with Crippen LogP contribution in [0.25, 0.3) is 28.2 Å². The predicted octanol–water partition coefficient (Wildman–Crippen LogP) is 4.69. The van der Waals surface area contributed by atoms with E-state index in [1.54, 1.807) is 17.8 Å². The first-order chi connectivity index (χ1) is 13.0. The molecule has 134 valence electrons. The molecule has 1 heterocycles. The molecule has 0 amide bonds. The first-order valence-electron chi connectivity index (χ1n) is 8.39. The number of nitrogens with zero attached hydrogens (tertiary/aromatic N) is 3. The highest BCUT2D eigenvalue weighted by atomic mass is 32.1. The van der Waals surface area contributed by atoms with Gasteiger partial charge >= 0.3 is 0 Å². The normalized spacial score (nSPS) is 10.9. The van der Waals surface area contributed by atoms with E-state index in [1.165, 1.54) is 12.1 Å². The molecule has 0 bridgehead atoms. The van der Waals surface area contributed by atoms with Gasteiger partial charge in [0.2, 0.25) is 4.77 Å². The van der Waals surface area contributed by atoms with Gasteiger partial charge in [-0.05, 0) is 47.6 Å². The van der Waals surface area contributed by atoms with Gasteiger partial charge < -0.3 is 10.2 Å². The lowest BCUT2D eigenvalue weighted by Crippen LogP contribution is -1.99. The fourth-order valence-electron chi connectivity index (χ4n) is 3.04. The van der Waals surface area contributed by atoms with Crippen molar-refractivity contribution in [3.8, 4) is 39.7 Å². The zero-order chi connectivity index (χ0) is 19.0. The molecule has 4 rings (SSSR count). The molecule has 2 N–H and O–H groups in total. The van der Waals surface area contributed by atoms with Crippen LogP contribution >= 0.6 is 12.2 Å². The molecule has 5 nitrogen and oxygen atoms in total. The van der Waals surface area contributed by atoms with Crippen LogP contribution in [0, 0.1) is 4.77 Å². The van der Waals surface area contributed by atoms with Crippen LogP contribution in [0.3, 0.4) is 0 Å². The summed E-state index contributed by atoms with van der Waals surface area (Å²) in [6, 6.07) is 22.5. The summed E-state index contributed by atoms with van der Waals surface area (Å²) in [5.74, 6) is 0.435. The van der Waals surface area contributed by atoms with Crippen molar-refractivity contribution < 1.29 is 10.2 Å². The predicted molar refractivity (Wildman–Crippen MR) is 108 cm³/mol. The summed E-state index contributed by atoms with van der Waals surface area (Å²) >= 11 is 5.56. The Bertz CT molecular complexity index is 1180. The minimum Gasteiger partial charge on any atom is -0.508 e. The maximum Gasteiger partial charge on any atom is 0.202 e. The van der Waals surface area contributed by atoms with E-state index in [0.29, 0.717) is 16.2 Å². The lowest BCUT2D eigenvalue weighted by Gasteiger charge is -2.10. The number of hydrogen-bond acceptors (Lipinski definition) is 4. The number of rotatable bonds is 3. The third-order valence-corrected chi connectivity index (χ3v) is 4.81. The van der Waals surface area contributed by atoms with Crippen LogP contribution in [-0.4, -0.2) is 24.6 Å². The average Bonchev–Trinajstić information content (AvgIpc) is 2.97. The van der Waals surface area contributed by atoms with Crippen molar-refractivity contribution >= 4 is 12.2 Å². The Morgan fingerprint density at radius 3 is 2.33 bits per heavy atom. The van der Waals surface area contributed by atoms with Crippen molar-refractivity contribution in [3.05, 3.63) is 77.6 Å². The standard InChI is InChI=1S/C21H17N3O2S/c1-23-21(27)24(20(22-23)18-11-10-17(25)13-19(18)26)16-9-5-8-15(12-16)14-6-3-2-4-7-14/h2-13,25-26H,1H3. The van der Waals surface area contributed by atoms with Crippen LogP contribution in [0.2, 0.25) is 0 Å².